The van der Waals surface area contributed by atoms with Crippen LogP contribution in [-0.2, 0) is 10.3 Å². The minimum Gasteiger partial charge on any atom is -0.375 e. The highest BCUT2D eigenvalue weighted by atomic mass is 16.5. The number of ether oxygens (including phenoxy) is 1. The van der Waals surface area contributed by atoms with Crippen LogP contribution in [0.3, 0.4) is 0 Å². The maximum Gasteiger partial charge on any atom is 0.156 e. The quantitative estimate of drug-likeness (QED) is 0.869. The average molecular weight is 284 g/mol. The Balaban J connectivity index is 1.73. The van der Waals surface area contributed by atoms with Crippen LogP contribution in [-0.4, -0.2) is 18.8 Å². The highest BCUT2D eigenvalue weighted by Gasteiger charge is 2.39. The third kappa shape index (κ3) is 3.64. The molecule has 21 heavy (non-hydrogen) atoms. The summed E-state index contributed by atoms with van der Waals surface area (Å²) in [5.74, 6) is 0. The van der Waals surface area contributed by atoms with Gasteiger partial charge in [-0.2, -0.15) is 5.26 Å². The maximum absolute atomic E-state index is 9.84. The number of hydrogen-bond donors (Lipinski definition) is 1. The van der Waals surface area contributed by atoms with Crippen molar-refractivity contribution in [1.29, 1.82) is 5.26 Å². The van der Waals surface area contributed by atoms with Gasteiger partial charge in [0.05, 0.1) is 18.8 Å². The predicted molar refractivity (Wildman–Crippen MR) is 82.7 cm³/mol. The van der Waals surface area contributed by atoms with Gasteiger partial charge in [-0.3, -0.25) is 5.32 Å². The molecule has 0 saturated heterocycles. The highest BCUT2D eigenvalue weighted by molar-refractivity contribution is 5.32. The largest absolute Gasteiger partial charge is 0.375 e. The molecular formula is C18H24N2O. The van der Waals surface area contributed by atoms with Gasteiger partial charge < -0.3 is 4.74 Å². The minimum absolute atomic E-state index is 0.330. The van der Waals surface area contributed by atoms with Crippen LogP contribution in [0.5, 0.6) is 0 Å². The molecule has 0 spiro atoms. The second-order valence-electron chi connectivity index (χ2n) is 6.37. The van der Waals surface area contributed by atoms with E-state index in [0.29, 0.717) is 18.8 Å². The molecule has 3 heteroatoms. The molecule has 1 N–H and O–H groups in total. The van der Waals surface area contributed by atoms with E-state index in [9.17, 15) is 5.26 Å². The molecule has 0 amide bonds. The second-order valence-corrected chi connectivity index (χ2v) is 6.37. The normalized spacial score (nSPS) is 22.4. The van der Waals surface area contributed by atoms with E-state index in [2.05, 4.69) is 11.4 Å². The zero-order valence-electron chi connectivity index (χ0n) is 12.6. The molecule has 0 heterocycles. The Kier molecular flexibility index (Phi) is 4.57. The van der Waals surface area contributed by atoms with Crippen LogP contribution in [0.2, 0.25) is 0 Å². The summed E-state index contributed by atoms with van der Waals surface area (Å²) < 4.78 is 6.14. The first-order valence-corrected chi connectivity index (χ1v) is 8.18. The fourth-order valence-electron chi connectivity index (χ4n) is 3.11. The van der Waals surface area contributed by atoms with Crippen LogP contribution in [0, 0.1) is 11.3 Å². The lowest BCUT2D eigenvalue weighted by Crippen LogP contribution is -2.47. The van der Waals surface area contributed by atoms with E-state index in [-0.39, 0.29) is 0 Å². The lowest BCUT2D eigenvalue weighted by Gasteiger charge is -2.31. The van der Waals surface area contributed by atoms with Gasteiger partial charge in [0.1, 0.15) is 0 Å². The SMILES string of the molecule is N#CC(COC1CCCCC1)(NC1CC1)c1ccccc1. The van der Waals surface area contributed by atoms with Gasteiger partial charge in [0, 0.05) is 6.04 Å². The van der Waals surface area contributed by atoms with Gasteiger partial charge in [0.2, 0.25) is 0 Å². The molecule has 1 aromatic carbocycles. The summed E-state index contributed by atoms with van der Waals surface area (Å²) in [6.45, 7) is 0.453. The molecule has 3 nitrogen and oxygen atoms in total. The molecule has 1 unspecified atom stereocenters. The van der Waals surface area contributed by atoms with Crippen molar-refractivity contribution in [2.75, 3.05) is 6.61 Å². The first-order chi connectivity index (χ1) is 10.3. The van der Waals surface area contributed by atoms with Gasteiger partial charge in [0.25, 0.3) is 0 Å². The Morgan fingerprint density at radius 1 is 1.10 bits per heavy atom. The van der Waals surface area contributed by atoms with E-state index < -0.39 is 5.54 Å². The molecule has 112 valence electrons. The predicted octanol–water partition coefficient (Wildman–Crippen LogP) is 3.51. The van der Waals surface area contributed by atoms with Crippen molar-refractivity contribution in [1.82, 2.24) is 5.32 Å². The molecule has 0 aliphatic heterocycles. The minimum atomic E-state index is -0.695. The van der Waals surface area contributed by atoms with Crippen LogP contribution < -0.4 is 5.32 Å². The van der Waals surface area contributed by atoms with Gasteiger partial charge in [-0.05, 0) is 31.2 Å². The lowest BCUT2D eigenvalue weighted by molar-refractivity contribution is 0.00161. The molecule has 2 aliphatic carbocycles. The number of nitrogens with zero attached hydrogens (tertiary/aromatic N) is 1. The fraction of sp³-hybridized carbons (Fsp3) is 0.611. The number of nitrogens with one attached hydrogen (secondary N) is 1. The first-order valence-electron chi connectivity index (χ1n) is 8.18. The van der Waals surface area contributed by atoms with E-state index in [1.54, 1.807) is 0 Å². The van der Waals surface area contributed by atoms with Crippen molar-refractivity contribution in [3.05, 3.63) is 35.9 Å². The second kappa shape index (κ2) is 6.60. The molecule has 0 radical (unpaired) electrons. The third-order valence-electron chi connectivity index (χ3n) is 4.57. The Hall–Kier alpha value is -1.37. The smallest absolute Gasteiger partial charge is 0.156 e. The van der Waals surface area contributed by atoms with Crippen molar-refractivity contribution in [2.24, 2.45) is 0 Å². The Morgan fingerprint density at radius 2 is 1.81 bits per heavy atom. The highest BCUT2D eigenvalue weighted by Crippen LogP contribution is 2.30. The fourth-order valence-corrected chi connectivity index (χ4v) is 3.11. The van der Waals surface area contributed by atoms with Crippen molar-refractivity contribution >= 4 is 0 Å². The summed E-state index contributed by atoms with van der Waals surface area (Å²) in [6, 6.07) is 13.0. The lowest BCUT2D eigenvalue weighted by atomic mass is 9.91. The molecule has 3 rings (SSSR count). The van der Waals surface area contributed by atoms with Gasteiger partial charge >= 0.3 is 0 Å². The average Bonchev–Trinajstić information content (AvgIpc) is 3.37. The summed E-state index contributed by atoms with van der Waals surface area (Å²) in [6.07, 6.45) is 8.77. The Labute approximate surface area is 127 Å². The maximum atomic E-state index is 9.84. The van der Waals surface area contributed by atoms with E-state index >= 15 is 0 Å². The Morgan fingerprint density at radius 3 is 2.43 bits per heavy atom. The summed E-state index contributed by atoms with van der Waals surface area (Å²) >= 11 is 0. The van der Waals surface area contributed by atoms with E-state index in [0.717, 1.165) is 18.4 Å². The summed E-state index contributed by atoms with van der Waals surface area (Å²) in [5, 5.41) is 13.4. The number of rotatable bonds is 6. The van der Waals surface area contributed by atoms with Crippen molar-refractivity contribution < 1.29 is 4.74 Å². The molecule has 2 aliphatic rings. The molecule has 2 saturated carbocycles. The van der Waals surface area contributed by atoms with E-state index in [1.807, 2.05) is 30.3 Å². The molecule has 0 aromatic heterocycles. The topological polar surface area (TPSA) is 45.0 Å². The van der Waals surface area contributed by atoms with Gasteiger partial charge in [0.15, 0.2) is 5.54 Å². The summed E-state index contributed by atoms with van der Waals surface area (Å²) in [4.78, 5) is 0. The third-order valence-corrected chi connectivity index (χ3v) is 4.57. The van der Waals surface area contributed by atoms with Crippen molar-refractivity contribution in [3.63, 3.8) is 0 Å². The molecule has 1 atom stereocenters. The molecule has 0 bridgehead atoms. The van der Waals surface area contributed by atoms with E-state index in [4.69, 9.17) is 4.74 Å². The van der Waals surface area contributed by atoms with Crippen LogP contribution in [0.4, 0.5) is 0 Å². The van der Waals surface area contributed by atoms with Gasteiger partial charge in [-0.15, -0.1) is 0 Å². The van der Waals surface area contributed by atoms with Crippen LogP contribution in [0.25, 0.3) is 0 Å². The molecular weight excluding hydrogens is 260 g/mol. The molecule has 1 aromatic rings. The van der Waals surface area contributed by atoms with Crippen molar-refractivity contribution in [2.45, 2.75) is 62.6 Å². The number of benzene rings is 1. The summed E-state index contributed by atoms with van der Waals surface area (Å²) in [7, 11) is 0. The molecule has 2 fully saturated rings. The van der Waals surface area contributed by atoms with Crippen molar-refractivity contribution in [3.8, 4) is 6.07 Å². The first kappa shape index (κ1) is 14.6. The van der Waals surface area contributed by atoms with Gasteiger partial charge in [-0.1, -0.05) is 49.6 Å². The summed E-state index contributed by atoms with van der Waals surface area (Å²) in [5.41, 5.74) is 0.329. The Bertz CT molecular complexity index is 486. The monoisotopic (exact) mass is 284 g/mol. The number of hydrogen-bond acceptors (Lipinski definition) is 3. The van der Waals surface area contributed by atoms with Crippen LogP contribution in [0.1, 0.15) is 50.5 Å². The zero-order chi connectivity index (χ0) is 14.5. The van der Waals surface area contributed by atoms with Crippen LogP contribution in [0.15, 0.2) is 30.3 Å². The standard InChI is InChI=1S/C18H24N2O/c19-13-18(20-16-11-12-16,15-7-3-1-4-8-15)14-21-17-9-5-2-6-10-17/h1,3-4,7-8,16-17,20H,2,5-6,9-12,14H2. The number of nitriles is 1. The van der Waals surface area contributed by atoms with E-state index in [1.165, 1.54) is 32.1 Å². The van der Waals surface area contributed by atoms with Crippen LogP contribution >= 0.6 is 0 Å². The zero-order valence-corrected chi connectivity index (χ0v) is 12.6. The van der Waals surface area contributed by atoms with Gasteiger partial charge in [-0.25, -0.2) is 0 Å².